The summed E-state index contributed by atoms with van der Waals surface area (Å²) in [6, 6.07) is 0.382. The van der Waals surface area contributed by atoms with Gasteiger partial charge in [0.15, 0.2) is 5.82 Å². The molecular formula is C12H21N5S. The molecule has 0 saturated heterocycles. The molecule has 0 aliphatic heterocycles. The number of nitrogens with one attached hydrogen (secondary N) is 1. The molecule has 1 aromatic rings. The summed E-state index contributed by atoms with van der Waals surface area (Å²) in [6.45, 7) is 6.75. The maximum absolute atomic E-state index is 5.76. The van der Waals surface area contributed by atoms with Crippen LogP contribution < -0.4 is 11.1 Å². The first kappa shape index (κ1) is 14.8. The van der Waals surface area contributed by atoms with Crippen LogP contribution in [-0.4, -0.2) is 46.8 Å². The monoisotopic (exact) mass is 267 g/mol. The molecular weight excluding hydrogens is 246 g/mol. The predicted molar refractivity (Wildman–Crippen MR) is 79.0 cm³/mol. The largest absolute Gasteiger partial charge is 0.389 e. The Kier molecular flexibility index (Phi) is 4.98. The molecule has 1 heterocycles. The van der Waals surface area contributed by atoms with E-state index in [2.05, 4.69) is 27.3 Å². The van der Waals surface area contributed by atoms with Crippen LogP contribution in [-0.2, 0) is 0 Å². The van der Waals surface area contributed by atoms with Gasteiger partial charge in [0, 0.05) is 12.6 Å². The zero-order valence-electron chi connectivity index (χ0n) is 11.6. The van der Waals surface area contributed by atoms with Crippen molar-refractivity contribution in [3.63, 3.8) is 0 Å². The van der Waals surface area contributed by atoms with E-state index >= 15 is 0 Å². The van der Waals surface area contributed by atoms with E-state index in [9.17, 15) is 0 Å². The number of nitrogens with zero attached hydrogens (tertiary/aromatic N) is 3. The second-order valence-electron chi connectivity index (χ2n) is 4.69. The highest BCUT2D eigenvalue weighted by Gasteiger charge is 2.14. The quantitative estimate of drug-likeness (QED) is 0.779. The first-order valence-corrected chi connectivity index (χ1v) is 6.29. The summed E-state index contributed by atoms with van der Waals surface area (Å²) in [5, 5.41) is 11.5. The van der Waals surface area contributed by atoms with E-state index in [1.807, 2.05) is 27.9 Å². The standard InChI is InChI=1S/C12H21N5S/c1-7(17(4)5)6-14-12-10(11(13)18)8(2)9(3)15-16-12/h7H,6H2,1-5H3,(H2,13,18)(H,14,16). The summed E-state index contributed by atoms with van der Waals surface area (Å²) >= 11 is 5.09. The van der Waals surface area contributed by atoms with Gasteiger partial charge in [0.2, 0.25) is 0 Å². The number of anilines is 1. The van der Waals surface area contributed by atoms with Crippen molar-refractivity contribution < 1.29 is 0 Å². The Morgan fingerprint density at radius 1 is 1.39 bits per heavy atom. The number of nitrogens with two attached hydrogens (primary N) is 1. The van der Waals surface area contributed by atoms with Crippen molar-refractivity contribution in [3.05, 3.63) is 16.8 Å². The highest BCUT2D eigenvalue weighted by atomic mass is 32.1. The fourth-order valence-corrected chi connectivity index (χ4v) is 1.71. The molecule has 1 unspecified atom stereocenters. The maximum atomic E-state index is 5.76. The van der Waals surface area contributed by atoms with Gasteiger partial charge in [-0.25, -0.2) is 0 Å². The van der Waals surface area contributed by atoms with Crippen LogP contribution >= 0.6 is 12.2 Å². The summed E-state index contributed by atoms with van der Waals surface area (Å²) in [4.78, 5) is 2.48. The fraction of sp³-hybridized carbons (Fsp3) is 0.583. The average molecular weight is 267 g/mol. The van der Waals surface area contributed by atoms with E-state index in [1.54, 1.807) is 0 Å². The van der Waals surface area contributed by atoms with Gasteiger partial charge >= 0.3 is 0 Å². The second-order valence-corrected chi connectivity index (χ2v) is 5.13. The first-order chi connectivity index (χ1) is 8.34. The summed E-state index contributed by atoms with van der Waals surface area (Å²) < 4.78 is 0. The molecule has 100 valence electrons. The minimum absolute atomic E-state index is 0.352. The van der Waals surface area contributed by atoms with Crippen LogP contribution in [0.5, 0.6) is 0 Å². The highest BCUT2D eigenvalue weighted by Crippen LogP contribution is 2.18. The number of aromatic nitrogens is 2. The molecule has 1 aromatic heterocycles. The van der Waals surface area contributed by atoms with Crippen LogP contribution in [0.1, 0.15) is 23.7 Å². The zero-order chi connectivity index (χ0) is 13.9. The molecule has 0 amide bonds. The van der Waals surface area contributed by atoms with Crippen LogP contribution in [0.25, 0.3) is 0 Å². The van der Waals surface area contributed by atoms with Gasteiger partial charge in [-0.05, 0) is 40.4 Å². The third-order valence-corrected chi connectivity index (χ3v) is 3.35. The van der Waals surface area contributed by atoms with Crippen molar-refractivity contribution in [3.8, 4) is 0 Å². The Labute approximate surface area is 114 Å². The van der Waals surface area contributed by atoms with Gasteiger partial charge in [0.25, 0.3) is 0 Å². The van der Waals surface area contributed by atoms with Crippen molar-refractivity contribution >= 4 is 23.0 Å². The number of thiocarbonyl (C=S) groups is 1. The van der Waals surface area contributed by atoms with Gasteiger partial charge in [-0.15, -0.1) is 5.10 Å². The Morgan fingerprint density at radius 2 is 2.00 bits per heavy atom. The topological polar surface area (TPSA) is 67.1 Å². The maximum Gasteiger partial charge on any atom is 0.159 e. The summed E-state index contributed by atoms with van der Waals surface area (Å²) in [5.41, 5.74) is 8.39. The lowest BCUT2D eigenvalue weighted by molar-refractivity contribution is 0.326. The third-order valence-electron chi connectivity index (χ3n) is 3.15. The average Bonchev–Trinajstić information content (AvgIpc) is 2.29. The molecule has 18 heavy (non-hydrogen) atoms. The van der Waals surface area contributed by atoms with Gasteiger partial charge in [0.1, 0.15) is 4.99 Å². The summed E-state index contributed by atoms with van der Waals surface area (Å²) in [6.07, 6.45) is 0. The van der Waals surface area contributed by atoms with E-state index in [-0.39, 0.29) is 0 Å². The van der Waals surface area contributed by atoms with Gasteiger partial charge in [-0.1, -0.05) is 12.2 Å². The lowest BCUT2D eigenvalue weighted by Crippen LogP contribution is -2.32. The first-order valence-electron chi connectivity index (χ1n) is 5.88. The number of hydrogen-bond acceptors (Lipinski definition) is 5. The van der Waals surface area contributed by atoms with Crippen LogP contribution in [0.4, 0.5) is 5.82 Å². The van der Waals surface area contributed by atoms with Crippen molar-refractivity contribution in [2.45, 2.75) is 26.8 Å². The SMILES string of the molecule is Cc1nnc(NCC(C)N(C)C)c(C(N)=S)c1C. The molecule has 0 aromatic carbocycles. The van der Waals surface area contributed by atoms with Crippen LogP contribution in [0.15, 0.2) is 0 Å². The normalized spacial score (nSPS) is 12.6. The van der Waals surface area contributed by atoms with E-state index in [0.29, 0.717) is 16.8 Å². The van der Waals surface area contributed by atoms with Crippen molar-refractivity contribution in [1.29, 1.82) is 0 Å². The third kappa shape index (κ3) is 3.36. The number of hydrogen-bond donors (Lipinski definition) is 2. The van der Waals surface area contributed by atoms with E-state index < -0.39 is 0 Å². The highest BCUT2D eigenvalue weighted by molar-refractivity contribution is 7.80. The Balaban J connectivity index is 2.96. The van der Waals surface area contributed by atoms with Gasteiger partial charge in [0.05, 0.1) is 11.3 Å². The molecule has 6 heteroatoms. The lowest BCUT2D eigenvalue weighted by Gasteiger charge is -2.21. The van der Waals surface area contributed by atoms with E-state index in [1.165, 1.54) is 0 Å². The van der Waals surface area contributed by atoms with Crippen molar-refractivity contribution in [2.75, 3.05) is 26.0 Å². The molecule has 1 atom stereocenters. The molecule has 0 bridgehead atoms. The van der Waals surface area contributed by atoms with Gasteiger partial charge in [-0.3, -0.25) is 0 Å². The fourth-order valence-electron chi connectivity index (χ4n) is 1.46. The molecule has 0 spiro atoms. The smallest absolute Gasteiger partial charge is 0.159 e. The number of aryl methyl sites for hydroxylation is 1. The summed E-state index contributed by atoms with van der Waals surface area (Å²) in [7, 11) is 4.07. The van der Waals surface area contributed by atoms with Crippen LogP contribution in [0, 0.1) is 13.8 Å². The Bertz CT molecular complexity index is 444. The zero-order valence-corrected chi connectivity index (χ0v) is 12.4. The molecule has 0 radical (unpaired) electrons. The number of rotatable bonds is 5. The number of likely N-dealkylation sites (N-methyl/N-ethyl adjacent to an activating group) is 1. The molecule has 3 N–H and O–H groups in total. The predicted octanol–water partition coefficient (Wildman–Crippen LogP) is 1.09. The Hall–Kier alpha value is -1.27. The van der Waals surface area contributed by atoms with Gasteiger partial charge in [-0.2, -0.15) is 5.10 Å². The Morgan fingerprint density at radius 3 is 2.50 bits per heavy atom. The summed E-state index contributed by atoms with van der Waals surface area (Å²) in [5.74, 6) is 0.666. The van der Waals surface area contributed by atoms with Gasteiger partial charge < -0.3 is 16.0 Å². The minimum atomic E-state index is 0.352. The molecule has 0 aliphatic rings. The van der Waals surface area contributed by atoms with Crippen molar-refractivity contribution in [2.24, 2.45) is 5.73 Å². The second kappa shape index (κ2) is 6.06. The molecule has 0 saturated carbocycles. The molecule has 1 rings (SSSR count). The van der Waals surface area contributed by atoms with Crippen LogP contribution in [0.2, 0.25) is 0 Å². The molecule has 0 fully saturated rings. The van der Waals surface area contributed by atoms with E-state index in [0.717, 1.165) is 23.4 Å². The molecule has 0 aliphatic carbocycles. The minimum Gasteiger partial charge on any atom is -0.389 e. The van der Waals surface area contributed by atoms with Crippen LogP contribution in [0.3, 0.4) is 0 Å². The van der Waals surface area contributed by atoms with Crippen molar-refractivity contribution in [1.82, 2.24) is 15.1 Å². The molecule has 5 nitrogen and oxygen atoms in total. The lowest BCUT2D eigenvalue weighted by atomic mass is 10.1. The van der Waals surface area contributed by atoms with E-state index in [4.69, 9.17) is 18.0 Å².